The fourth-order valence-corrected chi connectivity index (χ4v) is 4.10. The summed E-state index contributed by atoms with van der Waals surface area (Å²) in [5.74, 6) is 1.20. The van der Waals surface area contributed by atoms with Crippen molar-refractivity contribution in [1.82, 2.24) is 10.2 Å². The van der Waals surface area contributed by atoms with Crippen LogP contribution >= 0.6 is 0 Å². The van der Waals surface area contributed by atoms with E-state index in [1.807, 2.05) is 18.2 Å². The zero-order valence-corrected chi connectivity index (χ0v) is 19.1. The number of piperidine rings is 1. The number of methoxy groups -OCH3 is 1. The molecule has 0 aliphatic carbocycles. The number of benzene rings is 2. The maximum absolute atomic E-state index is 13.1. The van der Waals surface area contributed by atoms with Crippen molar-refractivity contribution < 1.29 is 27.4 Å². The van der Waals surface area contributed by atoms with Crippen molar-refractivity contribution in [1.29, 1.82) is 0 Å². The fourth-order valence-electron chi connectivity index (χ4n) is 4.10. The Kier molecular flexibility index (Phi) is 8.61. The molecule has 5 nitrogen and oxygen atoms in total. The summed E-state index contributed by atoms with van der Waals surface area (Å²) in [5.41, 5.74) is -0.169. The van der Waals surface area contributed by atoms with Gasteiger partial charge in [0.05, 0.1) is 24.8 Å². The molecule has 0 unspecified atom stereocenters. The second-order valence-corrected chi connectivity index (χ2v) is 8.47. The molecule has 1 saturated heterocycles. The third kappa shape index (κ3) is 7.12. The lowest BCUT2D eigenvalue weighted by molar-refractivity contribution is -0.137. The van der Waals surface area contributed by atoms with E-state index in [-0.39, 0.29) is 12.1 Å². The van der Waals surface area contributed by atoms with E-state index in [1.165, 1.54) is 31.0 Å². The summed E-state index contributed by atoms with van der Waals surface area (Å²) in [6, 6.07) is 10.6. The molecular weight excluding hydrogens is 433 g/mol. The smallest absolute Gasteiger partial charge is 0.417 e. The minimum absolute atomic E-state index is 0.193. The summed E-state index contributed by atoms with van der Waals surface area (Å²) in [7, 11) is 1.59. The summed E-state index contributed by atoms with van der Waals surface area (Å²) in [5, 5.41) is 2.53. The van der Waals surface area contributed by atoms with E-state index < -0.39 is 17.6 Å². The number of halogens is 3. The van der Waals surface area contributed by atoms with Gasteiger partial charge in [-0.25, -0.2) is 0 Å². The highest BCUT2D eigenvalue weighted by molar-refractivity contribution is 5.95. The molecule has 1 amide bonds. The molecular formula is C25H31F3N2O3. The maximum Gasteiger partial charge on any atom is 0.417 e. The molecule has 0 spiro atoms. The summed E-state index contributed by atoms with van der Waals surface area (Å²) >= 11 is 0. The molecule has 8 heteroatoms. The average molecular weight is 465 g/mol. The number of rotatable bonds is 9. The number of amides is 1. The van der Waals surface area contributed by atoms with Crippen LogP contribution in [-0.4, -0.2) is 44.2 Å². The molecule has 0 saturated carbocycles. The van der Waals surface area contributed by atoms with E-state index in [1.54, 1.807) is 7.11 Å². The molecule has 180 valence electrons. The monoisotopic (exact) mass is 464 g/mol. The highest BCUT2D eigenvalue weighted by atomic mass is 19.4. The van der Waals surface area contributed by atoms with Crippen LogP contribution in [0.4, 0.5) is 13.2 Å². The number of hydrogen-bond donors (Lipinski definition) is 1. The topological polar surface area (TPSA) is 50.8 Å². The van der Waals surface area contributed by atoms with Gasteiger partial charge in [0.25, 0.3) is 5.91 Å². The Hall–Kier alpha value is -2.74. The maximum atomic E-state index is 13.1. The number of likely N-dealkylation sites (tertiary alicyclic amines) is 1. The normalized spacial score (nSPS) is 16.9. The van der Waals surface area contributed by atoms with Crippen LogP contribution in [0.2, 0.25) is 0 Å². The van der Waals surface area contributed by atoms with E-state index >= 15 is 0 Å². The first kappa shape index (κ1) is 24.9. The van der Waals surface area contributed by atoms with Crippen LogP contribution in [0, 0.1) is 5.92 Å². The number of alkyl halides is 3. The van der Waals surface area contributed by atoms with Crippen LogP contribution in [0.5, 0.6) is 11.5 Å². The quantitative estimate of drug-likeness (QED) is 0.522. The van der Waals surface area contributed by atoms with Gasteiger partial charge in [-0.1, -0.05) is 25.1 Å². The van der Waals surface area contributed by atoms with Crippen molar-refractivity contribution in [2.75, 3.05) is 33.4 Å². The second-order valence-electron chi connectivity index (χ2n) is 8.47. The fraction of sp³-hybridized carbons (Fsp3) is 0.480. The minimum Gasteiger partial charge on any atom is -0.493 e. The first-order valence-corrected chi connectivity index (χ1v) is 11.2. The lowest BCUT2D eigenvalue weighted by Gasteiger charge is -2.30. The highest BCUT2D eigenvalue weighted by Crippen LogP contribution is 2.32. The first-order valence-electron chi connectivity index (χ1n) is 11.2. The summed E-state index contributed by atoms with van der Waals surface area (Å²) < 4.78 is 50.5. The van der Waals surface area contributed by atoms with Crippen molar-refractivity contribution in [2.45, 2.75) is 38.9 Å². The SMILES string of the molecule is COc1cc(CN2CCC[C@H](C)C2)ccc1OCCCNC(=O)c1ccccc1C(F)(F)F. The van der Waals surface area contributed by atoms with Crippen LogP contribution in [0.15, 0.2) is 42.5 Å². The number of ether oxygens (including phenoxy) is 2. The predicted octanol–water partition coefficient (Wildman–Crippen LogP) is 5.14. The number of nitrogens with zero attached hydrogens (tertiary/aromatic N) is 1. The van der Waals surface area contributed by atoms with E-state index in [2.05, 4.69) is 17.1 Å². The zero-order chi connectivity index (χ0) is 23.8. The van der Waals surface area contributed by atoms with E-state index in [4.69, 9.17) is 9.47 Å². The molecule has 0 aromatic heterocycles. The third-order valence-electron chi connectivity index (χ3n) is 5.72. The van der Waals surface area contributed by atoms with Crippen molar-refractivity contribution in [3.8, 4) is 11.5 Å². The van der Waals surface area contributed by atoms with Gasteiger partial charge in [-0.3, -0.25) is 9.69 Å². The van der Waals surface area contributed by atoms with Gasteiger partial charge in [-0.2, -0.15) is 13.2 Å². The Morgan fingerprint density at radius 2 is 1.97 bits per heavy atom. The minimum atomic E-state index is -4.58. The standard InChI is InChI=1S/C25H31F3N2O3/c1-18-7-5-13-30(16-18)17-19-10-11-22(23(15-19)32-2)33-14-6-12-29-24(31)20-8-3-4-9-21(20)25(26,27)28/h3-4,8-11,15,18H,5-7,12-14,16-17H2,1-2H3,(H,29,31)/t18-/m0/s1. The van der Waals surface area contributed by atoms with E-state index in [9.17, 15) is 18.0 Å². The molecule has 1 fully saturated rings. The Bertz CT molecular complexity index is 933. The Balaban J connectivity index is 1.47. The first-order chi connectivity index (χ1) is 15.8. The largest absolute Gasteiger partial charge is 0.493 e. The highest BCUT2D eigenvalue weighted by Gasteiger charge is 2.34. The van der Waals surface area contributed by atoms with Crippen LogP contribution < -0.4 is 14.8 Å². The molecule has 3 rings (SSSR count). The van der Waals surface area contributed by atoms with Gasteiger partial charge in [0.2, 0.25) is 0 Å². The Morgan fingerprint density at radius 1 is 1.18 bits per heavy atom. The summed E-state index contributed by atoms with van der Waals surface area (Å²) in [6.45, 7) is 5.83. The average Bonchev–Trinajstić information content (AvgIpc) is 2.79. The van der Waals surface area contributed by atoms with Gasteiger partial charge in [0.15, 0.2) is 11.5 Å². The van der Waals surface area contributed by atoms with Crippen LogP contribution in [0.25, 0.3) is 0 Å². The number of nitrogens with one attached hydrogen (secondary N) is 1. The van der Waals surface area contributed by atoms with E-state index in [0.29, 0.717) is 30.4 Å². The lowest BCUT2D eigenvalue weighted by atomic mass is 10.00. The van der Waals surface area contributed by atoms with Crippen molar-refractivity contribution in [3.05, 3.63) is 59.2 Å². The molecule has 1 aliphatic rings. The molecule has 1 heterocycles. The number of carbonyl (C=O) groups excluding carboxylic acids is 1. The lowest BCUT2D eigenvalue weighted by Crippen LogP contribution is -2.33. The van der Waals surface area contributed by atoms with Gasteiger partial charge >= 0.3 is 6.18 Å². The van der Waals surface area contributed by atoms with Crippen LogP contribution in [-0.2, 0) is 12.7 Å². The number of carbonyl (C=O) groups is 1. The van der Waals surface area contributed by atoms with E-state index in [0.717, 1.165) is 31.3 Å². The van der Waals surface area contributed by atoms with Gasteiger partial charge < -0.3 is 14.8 Å². The van der Waals surface area contributed by atoms with Gasteiger partial charge in [-0.15, -0.1) is 0 Å². The predicted molar refractivity (Wildman–Crippen MR) is 121 cm³/mol. The summed E-state index contributed by atoms with van der Waals surface area (Å²) in [4.78, 5) is 14.6. The molecule has 1 aliphatic heterocycles. The molecule has 0 bridgehead atoms. The Morgan fingerprint density at radius 3 is 2.70 bits per heavy atom. The zero-order valence-electron chi connectivity index (χ0n) is 19.1. The molecule has 33 heavy (non-hydrogen) atoms. The second kappa shape index (κ2) is 11.4. The molecule has 1 N–H and O–H groups in total. The molecule has 2 aromatic rings. The molecule has 1 atom stereocenters. The molecule has 0 radical (unpaired) electrons. The third-order valence-corrected chi connectivity index (χ3v) is 5.72. The van der Waals surface area contributed by atoms with Crippen LogP contribution in [0.1, 0.15) is 47.7 Å². The van der Waals surface area contributed by atoms with Gasteiger partial charge in [0.1, 0.15) is 0 Å². The van der Waals surface area contributed by atoms with Gasteiger partial charge in [-0.05, 0) is 61.6 Å². The molecule has 2 aromatic carbocycles. The number of hydrogen-bond acceptors (Lipinski definition) is 4. The summed E-state index contributed by atoms with van der Waals surface area (Å²) in [6.07, 6.45) is -1.64. The van der Waals surface area contributed by atoms with Crippen LogP contribution in [0.3, 0.4) is 0 Å². The van der Waals surface area contributed by atoms with Crippen molar-refractivity contribution >= 4 is 5.91 Å². The van der Waals surface area contributed by atoms with Crippen molar-refractivity contribution in [2.24, 2.45) is 5.92 Å². The Labute approximate surface area is 192 Å². The van der Waals surface area contributed by atoms with Crippen molar-refractivity contribution in [3.63, 3.8) is 0 Å². The van der Waals surface area contributed by atoms with Gasteiger partial charge in [0, 0.05) is 19.6 Å².